The summed E-state index contributed by atoms with van der Waals surface area (Å²) in [6, 6.07) is 17.4. The Labute approximate surface area is 200 Å². The van der Waals surface area contributed by atoms with E-state index in [1.807, 2.05) is 56.3 Å². The Balaban J connectivity index is 1.35. The van der Waals surface area contributed by atoms with Crippen molar-refractivity contribution in [2.75, 3.05) is 12.3 Å². The third-order valence-corrected chi connectivity index (χ3v) is 6.33. The van der Waals surface area contributed by atoms with Crippen LogP contribution < -0.4 is 16.4 Å². The van der Waals surface area contributed by atoms with Gasteiger partial charge in [0.15, 0.2) is 0 Å². The second kappa shape index (κ2) is 10.7. The van der Waals surface area contributed by atoms with E-state index in [1.54, 1.807) is 11.1 Å². The van der Waals surface area contributed by atoms with E-state index in [1.165, 1.54) is 5.56 Å². The molecule has 1 aromatic heterocycles. The molecular formula is C27H33N5O2. The van der Waals surface area contributed by atoms with Crippen LogP contribution in [0.2, 0.25) is 0 Å². The zero-order valence-electron chi connectivity index (χ0n) is 19.8. The third-order valence-electron chi connectivity index (χ3n) is 6.33. The Hall–Kier alpha value is -3.45. The van der Waals surface area contributed by atoms with Gasteiger partial charge in [-0.1, -0.05) is 56.3 Å². The van der Waals surface area contributed by atoms with Gasteiger partial charge in [0.25, 0.3) is 0 Å². The molecule has 2 amide bonds. The number of rotatable bonds is 9. The predicted molar refractivity (Wildman–Crippen MR) is 135 cm³/mol. The Morgan fingerprint density at radius 2 is 1.91 bits per heavy atom. The number of nitrogens with zero attached hydrogens (tertiary/aromatic N) is 2. The fourth-order valence-corrected chi connectivity index (χ4v) is 4.43. The van der Waals surface area contributed by atoms with Crippen molar-refractivity contribution in [3.63, 3.8) is 0 Å². The lowest BCUT2D eigenvalue weighted by Crippen LogP contribution is -2.62. The Bertz CT molecular complexity index is 1150. The number of likely N-dealkylation sites (tertiary alicyclic amines) is 1. The molecule has 0 aliphatic carbocycles. The van der Waals surface area contributed by atoms with Crippen molar-refractivity contribution in [2.24, 2.45) is 0 Å². The number of carbonyl (C=O) groups excluding carboxylic acids is 2. The molecule has 4 N–H and O–H groups in total. The van der Waals surface area contributed by atoms with Gasteiger partial charge in [-0.25, -0.2) is 4.98 Å². The van der Waals surface area contributed by atoms with E-state index in [0.717, 1.165) is 22.8 Å². The SMILES string of the molecule is CC(C)N[C@H](CCc1ccccc1)C(=O)N1CC[C@H]1C(=O)NCc1ccc2c(N)nccc2c1. The summed E-state index contributed by atoms with van der Waals surface area (Å²) in [6.45, 7) is 5.09. The van der Waals surface area contributed by atoms with Gasteiger partial charge in [-0.2, -0.15) is 0 Å². The van der Waals surface area contributed by atoms with Gasteiger partial charge in [-0.3, -0.25) is 9.59 Å². The molecule has 1 aliphatic rings. The molecule has 1 saturated heterocycles. The lowest BCUT2D eigenvalue weighted by atomic mass is 9.97. The summed E-state index contributed by atoms with van der Waals surface area (Å²) < 4.78 is 0. The summed E-state index contributed by atoms with van der Waals surface area (Å²) in [6.07, 6.45) is 3.87. The average molecular weight is 460 g/mol. The predicted octanol–water partition coefficient (Wildman–Crippen LogP) is 3.03. The van der Waals surface area contributed by atoms with Crippen LogP contribution in [0.15, 0.2) is 60.8 Å². The number of hydrogen-bond acceptors (Lipinski definition) is 5. The van der Waals surface area contributed by atoms with Gasteiger partial charge in [-0.15, -0.1) is 0 Å². The first kappa shape index (κ1) is 23.7. The van der Waals surface area contributed by atoms with Crippen LogP contribution in [0.1, 0.15) is 37.8 Å². The summed E-state index contributed by atoms with van der Waals surface area (Å²) in [4.78, 5) is 32.0. The molecular weight excluding hydrogens is 426 g/mol. The van der Waals surface area contributed by atoms with Gasteiger partial charge in [0.1, 0.15) is 11.9 Å². The Morgan fingerprint density at radius 1 is 1.12 bits per heavy atom. The number of anilines is 1. The van der Waals surface area contributed by atoms with Gasteiger partial charge in [-0.05, 0) is 47.9 Å². The minimum absolute atomic E-state index is 0.00436. The monoisotopic (exact) mass is 459 g/mol. The molecule has 2 aromatic carbocycles. The minimum atomic E-state index is -0.416. The highest BCUT2D eigenvalue weighted by molar-refractivity contribution is 5.92. The first-order chi connectivity index (χ1) is 16.4. The number of benzene rings is 2. The molecule has 2 heterocycles. The molecule has 0 saturated carbocycles. The molecule has 3 aromatic rings. The lowest BCUT2D eigenvalue weighted by Gasteiger charge is -2.42. The van der Waals surface area contributed by atoms with Gasteiger partial charge >= 0.3 is 0 Å². The van der Waals surface area contributed by atoms with Gasteiger partial charge in [0.2, 0.25) is 11.8 Å². The van der Waals surface area contributed by atoms with Crippen molar-refractivity contribution in [1.29, 1.82) is 0 Å². The largest absolute Gasteiger partial charge is 0.383 e. The van der Waals surface area contributed by atoms with Crippen LogP contribution in [0.3, 0.4) is 0 Å². The van der Waals surface area contributed by atoms with Crippen LogP contribution in [0.5, 0.6) is 0 Å². The number of nitrogens with one attached hydrogen (secondary N) is 2. The first-order valence-electron chi connectivity index (χ1n) is 11.9. The smallest absolute Gasteiger partial charge is 0.243 e. The van der Waals surface area contributed by atoms with Crippen LogP contribution in [-0.4, -0.2) is 46.4 Å². The number of carbonyl (C=O) groups is 2. The number of nitrogen functional groups attached to an aromatic ring is 1. The van der Waals surface area contributed by atoms with E-state index in [-0.39, 0.29) is 23.9 Å². The van der Waals surface area contributed by atoms with Crippen molar-refractivity contribution in [3.05, 3.63) is 71.9 Å². The van der Waals surface area contributed by atoms with Gasteiger partial charge < -0.3 is 21.3 Å². The number of hydrogen-bond donors (Lipinski definition) is 3. The number of fused-ring (bicyclic) bond motifs is 1. The molecule has 4 rings (SSSR count). The van der Waals surface area contributed by atoms with Crippen molar-refractivity contribution >= 4 is 28.4 Å². The van der Waals surface area contributed by atoms with Gasteiger partial charge in [0.05, 0.1) is 6.04 Å². The minimum Gasteiger partial charge on any atom is -0.383 e. The van der Waals surface area contributed by atoms with Crippen molar-refractivity contribution < 1.29 is 9.59 Å². The summed E-state index contributed by atoms with van der Waals surface area (Å²) in [5.74, 6) is 0.388. The van der Waals surface area contributed by atoms with Crippen LogP contribution in [0.25, 0.3) is 10.8 Å². The van der Waals surface area contributed by atoms with Crippen molar-refractivity contribution in [2.45, 2.75) is 57.8 Å². The first-order valence-corrected chi connectivity index (χ1v) is 11.9. The normalized spacial score (nSPS) is 16.3. The maximum Gasteiger partial charge on any atom is 0.243 e. The Morgan fingerprint density at radius 3 is 2.62 bits per heavy atom. The summed E-state index contributed by atoms with van der Waals surface area (Å²) >= 11 is 0. The zero-order valence-corrected chi connectivity index (χ0v) is 19.8. The second-order valence-electron chi connectivity index (χ2n) is 9.20. The summed E-state index contributed by atoms with van der Waals surface area (Å²) in [7, 11) is 0. The van der Waals surface area contributed by atoms with Crippen molar-refractivity contribution in [1.82, 2.24) is 20.5 Å². The highest BCUT2D eigenvalue weighted by atomic mass is 16.2. The van der Waals surface area contributed by atoms with E-state index in [0.29, 0.717) is 31.7 Å². The topological polar surface area (TPSA) is 100 Å². The molecule has 0 radical (unpaired) electrons. The quantitative estimate of drug-likeness (QED) is 0.457. The van der Waals surface area contributed by atoms with E-state index < -0.39 is 6.04 Å². The molecule has 0 spiro atoms. The van der Waals surface area contributed by atoms with Crippen LogP contribution in [0, 0.1) is 0 Å². The number of aromatic nitrogens is 1. The van der Waals surface area contributed by atoms with Crippen LogP contribution >= 0.6 is 0 Å². The number of pyridine rings is 1. The number of amides is 2. The van der Waals surface area contributed by atoms with E-state index in [4.69, 9.17) is 5.73 Å². The second-order valence-corrected chi connectivity index (χ2v) is 9.20. The molecule has 7 nitrogen and oxygen atoms in total. The van der Waals surface area contributed by atoms with E-state index >= 15 is 0 Å². The molecule has 34 heavy (non-hydrogen) atoms. The van der Waals surface area contributed by atoms with Crippen LogP contribution in [-0.2, 0) is 22.6 Å². The van der Waals surface area contributed by atoms with Gasteiger partial charge in [0, 0.05) is 30.7 Å². The summed E-state index contributed by atoms with van der Waals surface area (Å²) in [5.41, 5.74) is 8.11. The lowest BCUT2D eigenvalue weighted by molar-refractivity contribution is -0.149. The molecule has 0 bridgehead atoms. The molecule has 178 valence electrons. The zero-order chi connectivity index (χ0) is 24.1. The number of aryl methyl sites for hydroxylation is 1. The molecule has 1 fully saturated rings. The maximum absolute atomic E-state index is 13.3. The molecule has 2 atom stereocenters. The molecule has 0 unspecified atom stereocenters. The highest BCUT2D eigenvalue weighted by Gasteiger charge is 2.40. The van der Waals surface area contributed by atoms with E-state index in [9.17, 15) is 9.59 Å². The average Bonchev–Trinajstić information content (AvgIpc) is 2.80. The highest BCUT2D eigenvalue weighted by Crippen LogP contribution is 2.22. The molecule has 1 aliphatic heterocycles. The maximum atomic E-state index is 13.3. The van der Waals surface area contributed by atoms with Crippen LogP contribution in [0.4, 0.5) is 5.82 Å². The van der Waals surface area contributed by atoms with Crippen molar-refractivity contribution in [3.8, 4) is 0 Å². The molecule has 7 heteroatoms. The third kappa shape index (κ3) is 5.54. The standard InChI is InChI=1S/C27H33N5O2/c1-18(2)31-23(11-9-19-6-4-3-5-7-19)27(34)32-15-13-24(32)26(33)30-17-20-8-10-22-21(16-20)12-14-29-25(22)28/h3-8,10,12,14,16,18,23-24,31H,9,11,13,15,17H2,1-2H3,(H2,28,29)(H,30,33)/t23-,24+/m1/s1. The Kier molecular flexibility index (Phi) is 7.43. The fourth-order valence-electron chi connectivity index (χ4n) is 4.43. The fraction of sp³-hybridized carbons (Fsp3) is 0.370. The van der Waals surface area contributed by atoms with E-state index in [2.05, 4.69) is 27.8 Å². The summed E-state index contributed by atoms with van der Waals surface area (Å²) in [5, 5.41) is 8.28. The number of nitrogens with two attached hydrogens (primary N) is 1.